The van der Waals surface area contributed by atoms with Crippen molar-refractivity contribution in [1.82, 2.24) is 4.90 Å². The first-order chi connectivity index (χ1) is 10.0. The largest absolute Gasteiger partial charge is 0.478 e. The Kier molecular flexibility index (Phi) is 4.80. The van der Waals surface area contributed by atoms with E-state index in [9.17, 15) is 9.59 Å². The molecule has 1 saturated heterocycles. The number of aryl methyl sites for hydroxylation is 1. The van der Waals surface area contributed by atoms with Gasteiger partial charge in [-0.15, -0.1) is 0 Å². The van der Waals surface area contributed by atoms with Crippen molar-refractivity contribution in [2.75, 3.05) is 25.0 Å². The van der Waals surface area contributed by atoms with Crippen LogP contribution in [0.15, 0.2) is 18.2 Å². The third-order valence-corrected chi connectivity index (χ3v) is 3.82. The average Bonchev–Trinajstić information content (AvgIpc) is 2.87. The second kappa shape index (κ2) is 6.58. The van der Waals surface area contributed by atoms with E-state index in [0.29, 0.717) is 30.3 Å². The molecule has 1 fully saturated rings. The van der Waals surface area contributed by atoms with Crippen molar-refractivity contribution in [2.24, 2.45) is 5.92 Å². The number of urea groups is 1. The standard InChI is InChI=1S/C15H20N2O4/c1-10-8-12(2-3-13(10)14(19)20)16-15(21)17-6-4-11(9-17)5-7-18/h2-3,8,11,18H,4-7,9H2,1H3,(H,16,21)(H,19,20). The summed E-state index contributed by atoms with van der Waals surface area (Å²) in [4.78, 5) is 24.8. The first kappa shape index (κ1) is 15.3. The highest BCUT2D eigenvalue weighted by atomic mass is 16.4. The fourth-order valence-corrected chi connectivity index (χ4v) is 2.62. The molecule has 114 valence electrons. The summed E-state index contributed by atoms with van der Waals surface area (Å²) in [6, 6.07) is 4.56. The number of rotatable bonds is 4. The van der Waals surface area contributed by atoms with Gasteiger partial charge in [-0.1, -0.05) is 0 Å². The first-order valence-electron chi connectivity index (χ1n) is 7.02. The SMILES string of the molecule is Cc1cc(NC(=O)N2CCC(CCO)C2)ccc1C(=O)O. The van der Waals surface area contributed by atoms with Crippen molar-refractivity contribution in [2.45, 2.75) is 19.8 Å². The molecule has 1 heterocycles. The summed E-state index contributed by atoms with van der Waals surface area (Å²) in [5, 5.41) is 20.7. The number of aliphatic hydroxyl groups is 1. The number of benzene rings is 1. The molecule has 2 amide bonds. The normalized spacial score (nSPS) is 17.8. The smallest absolute Gasteiger partial charge is 0.335 e. The van der Waals surface area contributed by atoms with Crippen LogP contribution in [0.25, 0.3) is 0 Å². The Bertz CT molecular complexity index is 544. The van der Waals surface area contributed by atoms with Crippen LogP contribution in [0, 0.1) is 12.8 Å². The molecule has 1 aliphatic heterocycles. The molecule has 0 saturated carbocycles. The summed E-state index contributed by atoms with van der Waals surface area (Å²) in [6.07, 6.45) is 1.63. The van der Waals surface area contributed by atoms with Gasteiger partial charge in [-0.2, -0.15) is 0 Å². The number of carboxylic acid groups (broad SMARTS) is 1. The Hall–Kier alpha value is -2.08. The zero-order valence-corrected chi connectivity index (χ0v) is 12.0. The second-order valence-corrected chi connectivity index (χ2v) is 5.38. The summed E-state index contributed by atoms with van der Waals surface area (Å²) >= 11 is 0. The number of likely N-dealkylation sites (tertiary alicyclic amines) is 1. The Morgan fingerprint density at radius 3 is 2.81 bits per heavy atom. The highest BCUT2D eigenvalue weighted by Crippen LogP contribution is 2.21. The molecule has 1 aromatic rings. The summed E-state index contributed by atoms with van der Waals surface area (Å²) in [5.41, 5.74) is 1.44. The van der Waals surface area contributed by atoms with Gasteiger partial charge in [0.2, 0.25) is 0 Å². The number of nitrogens with one attached hydrogen (secondary N) is 1. The minimum absolute atomic E-state index is 0.149. The van der Waals surface area contributed by atoms with Crippen molar-refractivity contribution in [3.05, 3.63) is 29.3 Å². The minimum atomic E-state index is -0.975. The number of carboxylic acids is 1. The maximum atomic E-state index is 12.1. The third-order valence-electron chi connectivity index (χ3n) is 3.82. The number of nitrogens with zero attached hydrogens (tertiary/aromatic N) is 1. The van der Waals surface area contributed by atoms with E-state index in [2.05, 4.69) is 5.32 Å². The van der Waals surface area contributed by atoms with E-state index in [0.717, 1.165) is 12.8 Å². The van der Waals surface area contributed by atoms with E-state index in [1.54, 1.807) is 24.0 Å². The fraction of sp³-hybridized carbons (Fsp3) is 0.467. The van der Waals surface area contributed by atoms with Crippen molar-refractivity contribution in [3.63, 3.8) is 0 Å². The maximum Gasteiger partial charge on any atom is 0.335 e. The molecule has 1 aromatic carbocycles. The second-order valence-electron chi connectivity index (χ2n) is 5.38. The Morgan fingerprint density at radius 1 is 1.43 bits per heavy atom. The van der Waals surface area contributed by atoms with Crippen LogP contribution in [0.5, 0.6) is 0 Å². The van der Waals surface area contributed by atoms with Crippen LogP contribution in [0.1, 0.15) is 28.8 Å². The van der Waals surface area contributed by atoms with Crippen LogP contribution in [-0.2, 0) is 0 Å². The molecule has 2 rings (SSSR count). The molecule has 1 atom stereocenters. The van der Waals surface area contributed by atoms with E-state index < -0.39 is 5.97 Å². The highest BCUT2D eigenvalue weighted by Gasteiger charge is 2.25. The summed E-state index contributed by atoms with van der Waals surface area (Å²) in [5.74, 6) is -0.617. The van der Waals surface area contributed by atoms with Crippen LogP contribution >= 0.6 is 0 Å². The molecule has 6 heteroatoms. The van der Waals surface area contributed by atoms with Crippen LogP contribution < -0.4 is 5.32 Å². The van der Waals surface area contributed by atoms with Crippen LogP contribution in [0.4, 0.5) is 10.5 Å². The third kappa shape index (κ3) is 3.72. The van der Waals surface area contributed by atoms with Gasteiger partial charge in [-0.05, 0) is 49.4 Å². The van der Waals surface area contributed by atoms with Crippen LogP contribution in [0.2, 0.25) is 0 Å². The van der Waals surface area contributed by atoms with Gasteiger partial charge >= 0.3 is 12.0 Å². The number of amides is 2. The topological polar surface area (TPSA) is 89.9 Å². The predicted molar refractivity (Wildman–Crippen MR) is 78.5 cm³/mol. The minimum Gasteiger partial charge on any atom is -0.478 e. The molecule has 3 N–H and O–H groups in total. The van der Waals surface area contributed by atoms with Crippen molar-refractivity contribution in [1.29, 1.82) is 0 Å². The Labute approximate surface area is 123 Å². The molecular formula is C15H20N2O4. The lowest BCUT2D eigenvalue weighted by molar-refractivity contribution is 0.0696. The molecule has 0 radical (unpaired) electrons. The molecule has 1 unspecified atom stereocenters. The summed E-state index contributed by atoms with van der Waals surface area (Å²) in [7, 11) is 0. The molecule has 1 aliphatic rings. The number of aliphatic hydroxyl groups excluding tert-OH is 1. The van der Waals surface area contributed by atoms with Gasteiger partial charge in [0.05, 0.1) is 5.56 Å². The zero-order valence-electron chi connectivity index (χ0n) is 12.0. The average molecular weight is 292 g/mol. The fourth-order valence-electron chi connectivity index (χ4n) is 2.62. The van der Waals surface area contributed by atoms with E-state index >= 15 is 0 Å². The molecular weight excluding hydrogens is 272 g/mol. The van der Waals surface area contributed by atoms with Gasteiger partial charge in [-0.25, -0.2) is 9.59 Å². The number of hydrogen-bond donors (Lipinski definition) is 3. The number of carbonyl (C=O) groups is 2. The zero-order chi connectivity index (χ0) is 15.4. The highest BCUT2D eigenvalue weighted by molar-refractivity contribution is 5.92. The number of anilines is 1. The predicted octanol–water partition coefficient (Wildman–Crippen LogP) is 1.93. The van der Waals surface area contributed by atoms with Crippen molar-refractivity contribution in [3.8, 4) is 0 Å². The first-order valence-corrected chi connectivity index (χ1v) is 7.02. The van der Waals surface area contributed by atoms with E-state index in [1.807, 2.05) is 0 Å². The molecule has 6 nitrogen and oxygen atoms in total. The quantitative estimate of drug-likeness (QED) is 0.791. The van der Waals surface area contributed by atoms with Gasteiger partial charge in [0.1, 0.15) is 0 Å². The lowest BCUT2D eigenvalue weighted by Crippen LogP contribution is -2.33. The molecule has 0 spiro atoms. The van der Waals surface area contributed by atoms with Gasteiger partial charge in [0.15, 0.2) is 0 Å². The van der Waals surface area contributed by atoms with Gasteiger partial charge in [-0.3, -0.25) is 0 Å². The summed E-state index contributed by atoms with van der Waals surface area (Å²) in [6.45, 7) is 3.18. The van der Waals surface area contributed by atoms with Crippen molar-refractivity contribution < 1.29 is 19.8 Å². The van der Waals surface area contributed by atoms with Gasteiger partial charge < -0.3 is 20.4 Å². The lowest BCUT2D eigenvalue weighted by Gasteiger charge is -2.17. The molecule has 0 aromatic heterocycles. The van der Waals surface area contributed by atoms with E-state index in [1.165, 1.54) is 6.07 Å². The van der Waals surface area contributed by atoms with E-state index in [-0.39, 0.29) is 18.2 Å². The van der Waals surface area contributed by atoms with Gasteiger partial charge in [0, 0.05) is 25.4 Å². The number of aromatic carboxylic acids is 1. The summed E-state index contributed by atoms with van der Waals surface area (Å²) < 4.78 is 0. The van der Waals surface area contributed by atoms with Crippen molar-refractivity contribution >= 4 is 17.7 Å². The number of carbonyl (C=O) groups excluding carboxylic acids is 1. The van der Waals surface area contributed by atoms with Gasteiger partial charge in [0.25, 0.3) is 0 Å². The lowest BCUT2D eigenvalue weighted by atomic mass is 10.1. The monoisotopic (exact) mass is 292 g/mol. The Morgan fingerprint density at radius 2 is 2.19 bits per heavy atom. The van der Waals surface area contributed by atoms with E-state index in [4.69, 9.17) is 10.2 Å². The maximum absolute atomic E-state index is 12.1. The molecule has 0 bridgehead atoms. The van der Waals surface area contributed by atoms with Crippen LogP contribution in [0.3, 0.4) is 0 Å². The van der Waals surface area contributed by atoms with Crippen LogP contribution in [-0.4, -0.2) is 46.8 Å². The Balaban J connectivity index is 1.97. The molecule has 21 heavy (non-hydrogen) atoms. The molecule has 0 aliphatic carbocycles. The number of hydrogen-bond acceptors (Lipinski definition) is 3.